The van der Waals surface area contributed by atoms with Gasteiger partial charge >= 0.3 is 0 Å². The van der Waals surface area contributed by atoms with Crippen LogP contribution in [0, 0.1) is 0 Å². The van der Waals surface area contributed by atoms with Crippen LogP contribution in [0.4, 0.5) is 5.69 Å². The van der Waals surface area contributed by atoms with E-state index in [1.807, 2.05) is 0 Å². The third kappa shape index (κ3) is 5.95. The number of benzene rings is 1. The molecule has 0 fully saturated rings. The summed E-state index contributed by atoms with van der Waals surface area (Å²) in [6.07, 6.45) is 2.07. The first-order valence-corrected chi connectivity index (χ1v) is 7.45. The zero-order valence-electron chi connectivity index (χ0n) is 13.1. The van der Waals surface area contributed by atoms with Gasteiger partial charge in [-0.15, -0.1) is 0 Å². The van der Waals surface area contributed by atoms with E-state index < -0.39 is 0 Å². The molecule has 0 aromatic heterocycles. The number of rotatable bonds is 8. The molecule has 0 atom stereocenters. The molecular formula is C16H25N3O2. The third-order valence-electron chi connectivity index (χ3n) is 3.10. The minimum atomic E-state index is -0.134. The molecule has 0 bridgehead atoms. The Morgan fingerprint density at radius 2 is 1.62 bits per heavy atom. The van der Waals surface area contributed by atoms with Crippen LogP contribution in [0.5, 0.6) is 0 Å². The van der Waals surface area contributed by atoms with E-state index in [4.69, 9.17) is 0 Å². The second-order valence-corrected chi connectivity index (χ2v) is 4.98. The van der Waals surface area contributed by atoms with E-state index in [1.54, 1.807) is 31.3 Å². The normalized spacial score (nSPS) is 10.5. The van der Waals surface area contributed by atoms with Gasteiger partial charge in [0.25, 0.3) is 5.91 Å². The molecule has 1 rings (SSSR count). The van der Waals surface area contributed by atoms with E-state index in [0.717, 1.165) is 25.9 Å². The summed E-state index contributed by atoms with van der Waals surface area (Å²) in [6.45, 7) is 6.47. The van der Waals surface area contributed by atoms with Crippen LogP contribution in [0.25, 0.3) is 0 Å². The zero-order chi connectivity index (χ0) is 15.7. The monoisotopic (exact) mass is 291 g/mol. The lowest BCUT2D eigenvalue weighted by Crippen LogP contribution is -2.34. The second kappa shape index (κ2) is 9.13. The quantitative estimate of drug-likeness (QED) is 0.771. The lowest BCUT2D eigenvalue weighted by molar-refractivity contribution is -0.117. The van der Waals surface area contributed by atoms with Gasteiger partial charge in [0.1, 0.15) is 0 Å². The Bertz CT molecular complexity index is 451. The number of nitrogens with zero attached hydrogens (tertiary/aromatic N) is 1. The third-order valence-corrected chi connectivity index (χ3v) is 3.10. The zero-order valence-corrected chi connectivity index (χ0v) is 13.1. The van der Waals surface area contributed by atoms with Gasteiger partial charge in [0.05, 0.1) is 6.54 Å². The van der Waals surface area contributed by atoms with Crippen molar-refractivity contribution in [2.24, 2.45) is 0 Å². The Balaban J connectivity index is 2.55. The fraction of sp³-hybridized carbons (Fsp3) is 0.500. The molecule has 0 spiro atoms. The molecule has 1 aromatic rings. The number of nitrogens with one attached hydrogen (secondary N) is 2. The summed E-state index contributed by atoms with van der Waals surface area (Å²) in [5, 5.41) is 5.42. The van der Waals surface area contributed by atoms with Crippen LogP contribution in [0.15, 0.2) is 24.3 Å². The van der Waals surface area contributed by atoms with Crippen LogP contribution in [0.2, 0.25) is 0 Å². The molecular weight excluding hydrogens is 266 g/mol. The predicted octanol–water partition coefficient (Wildman–Crippen LogP) is 2.11. The molecule has 0 heterocycles. The summed E-state index contributed by atoms with van der Waals surface area (Å²) in [5.74, 6) is -0.158. The van der Waals surface area contributed by atoms with E-state index in [-0.39, 0.29) is 11.8 Å². The largest absolute Gasteiger partial charge is 0.355 e. The lowest BCUT2D eigenvalue weighted by atomic mass is 10.2. The molecule has 5 heteroatoms. The highest BCUT2D eigenvalue weighted by Crippen LogP contribution is 2.09. The van der Waals surface area contributed by atoms with Gasteiger partial charge in [-0.05, 0) is 50.2 Å². The van der Waals surface area contributed by atoms with Gasteiger partial charge in [0.15, 0.2) is 0 Å². The molecule has 2 N–H and O–H groups in total. The molecule has 1 aromatic carbocycles. The maximum atomic E-state index is 12.0. The van der Waals surface area contributed by atoms with E-state index in [9.17, 15) is 9.59 Å². The lowest BCUT2D eigenvalue weighted by Gasteiger charge is -2.20. The van der Waals surface area contributed by atoms with Crippen LogP contribution in [0.3, 0.4) is 0 Å². The van der Waals surface area contributed by atoms with Crippen LogP contribution in [0.1, 0.15) is 37.0 Å². The number of hydrogen-bond acceptors (Lipinski definition) is 3. The van der Waals surface area contributed by atoms with Crippen molar-refractivity contribution < 1.29 is 9.59 Å². The fourth-order valence-electron chi connectivity index (χ4n) is 2.16. The minimum absolute atomic E-state index is 0.0235. The summed E-state index contributed by atoms with van der Waals surface area (Å²) in [5.41, 5.74) is 1.29. The van der Waals surface area contributed by atoms with E-state index >= 15 is 0 Å². The first-order chi connectivity index (χ1) is 10.1. The Morgan fingerprint density at radius 1 is 1.05 bits per heavy atom. The Hall–Kier alpha value is -1.88. The van der Waals surface area contributed by atoms with Crippen molar-refractivity contribution in [1.29, 1.82) is 0 Å². The molecule has 0 saturated heterocycles. The van der Waals surface area contributed by atoms with E-state index in [1.165, 1.54) is 0 Å². The maximum absolute atomic E-state index is 12.0. The second-order valence-electron chi connectivity index (χ2n) is 4.98. The van der Waals surface area contributed by atoms with Gasteiger partial charge in [-0.2, -0.15) is 0 Å². The molecule has 0 unspecified atom stereocenters. The summed E-state index contributed by atoms with van der Waals surface area (Å²) in [4.78, 5) is 25.6. The average molecular weight is 291 g/mol. The summed E-state index contributed by atoms with van der Waals surface area (Å²) < 4.78 is 0. The van der Waals surface area contributed by atoms with E-state index in [0.29, 0.717) is 17.8 Å². The smallest absolute Gasteiger partial charge is 0.251 e. The van der Waals surface area contributed by atoms with Crippen molar-refractivity contribution in [3.8, 4) is 0 Å². The van der Waals surface area contributed by atoms with Crippen LogP contribution < -0.4 is 10.6 Å². The molecule has 5 nitrogen and oxygen atoms in total. The number of anilines is 1. The first kappa shape index (κ1) is 17.2. The predicted molar refractivity (Wildman–Crippen MR) is 85.5 cm³/mol. The van der Waals surface area contributed by atoms with Crippen LogP contribution in [-0.4, -0.2) is 43.4 Å². The molecule has 0 aliphatic heterocycles. The minimum Gasteiger partial charge on any atom is -0.355 e. The number of carbonyl (C=O) groups excluding carboxylic acids is 2. The van der Waals surface area contributed by atoms with Gasteiger partial charge in [0.2, 0.25) is 5.91 Å². The highest BCUT2D eigenvalue weighted by atomic mass is 16.2. The Kier molecular flexibility index (Phi) is 7.46. The van der Waals surface area contributed by atoms with Crippen LogP contribution in [-0.2, 0) is 4.79 Å². The van der Waals surface area contributed by atoms with Gasteiger partial charge in [0, 0.05) is 18.3 Å². The molecule has 21 heavy (non-hydrogen) atoms. The molecule has 2 amide bonds. The molecule has 0 radical (unpaired) electrons. The summed E-state index contributed by atoms with van der Waals surface area (Å²) in [6, 6.07) is 6.88. The van der Waals surface area contributed by atoms with Gasteiger partial charge < -0.3 is 10.6 Å². The van der Waals surface area contributed by atoms with Gasteiger partial charge in [-0.1, -0.05) is 13.8 Å². The average Bonchev–Trinajstić information content (AvgIpc) is 2.47. The van der Waals surface area contributed by atoms with Crippen LogP contribution >= 0.6 is 0 Å². The molecule has 0 saturated carbocycles. The SMILES string of the molecule is CCCN(CCC)CC(=O)Nc1ccc(C(=O)NC)cc1. The number of hydrogen-bond donors (Lipinski definition) is 2. The van der Waals surface area contributed by atoms with Crippen molar-refractivity contribution in [3.05, 3.63) is 29.8 Å². The van der Waals surface area contributed by atoms with Crippen molar-refractivity contribution in [1.82, 2.24) is 10.2 Å². The highest BCUT2D eigenvalue weighted by Gasteiger charge is 2.10. The van der Waals surface area contributed by atoms with Gasteiger partial charge in [-0.25, -0.2) is 0 Å². The number of amides is 2. The molecule has 0 aliphatic carbocycles. The topological polar surface area (TPSA) is 61.4 Å². The van der Waals surface area contributed by atoms with E-state index in [2.05, 4.69) is 29.4 Å². The van der Waals surface area contributed by atoms with Gasteiger partial charge in [-0.3, -0.25) is 14.5 Å². The summed E-state index contributed by atoms with van der Waals surface area (Å²) in [7, 11) is 1.59. The Morgan fingerprint density at radius 3 is 2.10 bits per heavy atom. The standard InChI is InChI=1S/C16H25N3O2/c1-4-10-19(11-5-2)12-15(20)18-14-8-6-13(7-9-14)16(21)17-3/h6-9H,4-5,10-12H2,1-3H3,(H,17,21)(H,18,20). The first-order valence-electron chi connectivity index (χ1n) is 7.45. The number of carbonyl (C=O) groups is 2. The van der Waals surface area contributed by atoms with Crippen molar-refractivity contribution in [2.75, 3.05) is 32.0 Å². The van der Waals surface area contributed by atoms with Crippen molar-refractivity contribution in [3.63, 3.8) is 0 Å². The highest BCUT2D eigenvalue weighted by molar-refractivity contribution is 5.96. The molecule has 116 valence electrons. The Labute approximate surface area is 126 Å². The maximum Gasteiger partial charge on any atom is 0.251 e. The van der Waals surface area contributed by atoms with Crippen molar-refractivity contribution in [2.45, 2.75) is 26.7 Å². The summed E-state index contributed by atoms with van der Waals surface area (Å²) >= 11 is 0. The van der Waals surface area contributed by atoms with Crippen molar-refractivity contribution >= 4 is 17.5 Å². The molecule has 0 aliphatic rings. The fourth-order valence-corrected chi connectivity index (χ4v) is 2.16.